The summed E-state index contributed by atoms with van der Waals surface area (Å²) in [5, 5.41) is -0.145. The van der Waals surface area contributed by atoms with Gasteiger partial charge in [0.25, 0.3) is 5.91 Å². The van der Waals surface area contributed by atoms with Gasteiger partial charge in [-0.05, 0) is 29.8 Å². The van der Waals surface area contributed by atoms with Crippen molar-refractivity contribution in [2.45, 2.75) is 11.6 Å². The van der Waals surface area contributed by atoms with Crippen molar-refractivity contribution in [1.29, 1.82) is 0 Å². The van der Waals surface area contributed by atoms with Gasteiger partial charge in [0.2, 0.25) is 0 Å². The Balaban J connectivity index is 1.82. The second-order valence-electron chi connectivity index (χ2n) is 5.20. The molecule has 0 radical (unpaired) electrons. The number of aromatic nitrogens is 1. The van der Waals surface area contributed by atoms with Crippen molar-refractivity contribution < 1.29 is 18.0 Å². The summed E-state index contributed by atoms with van der Waals surface area (Å²) in [6.45, 7) is 0.547. The van der Waals surface area contributed by atoms with Gasteiger partial charge in [-0.3, -0.25) is 9.78 Å². The Bertz CT molecular complexity index is 734. The maximum atomic E-state index is 12.6. The molecule has 3 nitrogen and oxygen atoms in total. The molecule has 0 saturated carbocycles. The summed E-state index contributed by atoms with van der Waals surface area (Å²) >= 11 is 5.00. The van der Waals surface area contributed by atoms with Gasteiger partial charge in [-0.25, -0.2) is 0 Å². The molecule has 3 rings (SSSR count). The molecule has 1 aliphatic heterocycles. The first-order chi connectivity index (χ1) is 11.4. The molecule has 126 valence electrons. The van der Waals surface area contributed by atoms with Gasteiger partial charge >= 0.3 is 6.18 Å². The van der Waals surface area contributed by atoms with Crippen LogP contribution >= 0.6 is 27.7 Å². The SMILES string of the molecule is O=C(c1ccc(C(F)(F)F)nc1)N1CCSC1c1ccc(Br)cc1. The predicted octanol–water partition coefficient (Wildman–Crippen LogP) is 4.75. The topological polar surface area (TPSA) is 33.2 Å². The number of carbonyl (C=O) groups is 1. The van der Waals surface area contributed by atoms with Crippen LogP contribution in [0.25, 0.3) is 0 Å². The number of rotatable bonds is 2. The van der Waals surface area contributed by atoms with Gasteiger partial charge in [-0.2, -0.15) is 13.2 Å². The van der Waals surface area contributed by atoms with E-state index < -0.39 is 11.9 Å². The highest BCUT2D eigenvalue weighted by Gasteiger charge is 2.34. The van der Waals surface area contributed by atoms with Crippen LogP contribution in [0.1, 0.15) is 27.0 Å². The highest BCUT2D eigenvalue weighted by Crippen LogP contribution is 2.39. The molecule has 1 unspecified atom stereocenters. The number of carbonyl (C=O) groups excluding carboxylic acids is 1. The molecule has 2 aromatic rings. The average Bonchev–Trinajstić information content (AvgIpc) is 3.04. The highest BCUT2D eigenvalue weighted by molar-refractivity contribution is 9.10. The molecule has 1 aromatic carbocycles. The normalized spacial score (nSPS) is 18.0. The third-order valence-electron chi connectivity index (χ3n) is 3.61. The van der Waals surface area contributed by atoms with E-state index in [0.29, 0.717) is 6.54 Å². The van der Waals surface area contributed by atoms with Crippen LogP contribution in [0.4, 0.5) is 13.2 Å². The molecule has 0 bridgehead atoms. The van der Waals surface area contributed by atoms with Crippen LogP contribution in [-0.2, 0) is 6.18 Å². The minimum atomic E-state index is -4.51. The Morgan fingerprint density at radius 3 is 2.50 bits per heavy atom. The van der Waals surface area contributed by atoms with Gasteiger partial charge in [0.15, 0.2) is 0 Å². The fourth-order valence-corrected chi connectivity index (χ4v) is 3.96. The minimum Gasteiger partial charge on any atom is -0.322 e. The van der Waals surface area contributed by atoms with Crippen molar-refractivity contribution >= 4 is 33.6 Å². The molecular weight excluding hydrogens is 405 g/mol. The van der Waals surface area contributed by atoms with E-state index in [4.69, 9.17) is 0 Å². The monoisotopic (exact) mass is 416 g/mol. The number of amides is 1. The van der Waals surface area contributed by atoms with E-state index in [1.54, 1.807) is 16.7 Å². The van der Waals surface area contributed by atoms with Gasteiger partial charge in [0.05, 0.1) is 5.56 Å². The smallest absolute Gasteiger partial charge is 0.322 e. The lowest BCUT2D eigenvalue weighted by Crippen LogP contribution is -2.30. The van der Waals surface area contributed by atoms with E-state index in [1.807, 2.05) is 24.3 Å². The second kappa shape index (κ2) is 6.76. The number of hydrogen-bond donors (Lipinski definition) is 0. The molecule has 24 heavy (non-hydrogen) atoms. The molecular formula is C16H12BrF3N2OS. The summed E-state index contributed by atoms with van der Waals surface area (Å²) in [6, 6.07) is 9.68. The van der Waals surface area contributed by atoms with Crippen LogP contribution in [-0.4, -0.2) is 28.1 Å². The van der Waals surface area contributed by atoms with Crippen molar-refractivity contribution in [3.63, 3.8) is 0 Å². The number of benzene rings is 1. The van der Waals surface area contributed by atoms with E-state index >= 15 is 0 Å². The first-order valence-corrected chi connectivity index (χ1v) is 8.92. The number of halogens is 4. The van der Waals surface area contributed by atoms with Crippen LogP contribution in [0.5, 0.6) is 0 Å². The average molecular weight is 417 g/mol. The Kier molecular flexibility index (Phi) is 4.87. The Labute approximate surface area is 149 Å². The second-order valence-corrected chi connectivity index (χ2v) is 7.31. The highest BCUT2D eigenvalue weighted by atomic mass is 79.9. The summed E-state index contributed by atoms with van der Waals surface area (Å²) in [5.41, 5.74) is 0.140. The standard InChI is InChI=1S/C16H12BrF3N2OS/c17-12-4-1-10(2-5-12)15-22(7-8-24-15)14(23)11-3-6-13(21-9-11)16(18,19)20/h1-6,9,15H,7-8H2. The van der Waals surface area contributed by atoms with Crippen molar-refractivity contribution in [3.8, 4) is 0 Å². The molecule has 2 heterocycles. The molecule has 1 fully saturated rings. The van der Waals surface area contributed by atoms with Crippen LogP contribution in [0.2, 0.25) is 0 Å². The maximum Gasteiger partial charge on any atom is 0.433 e. The minimum absolute atomic E-state index is 0.145. The summed E-state index contributed by atoms with van der Waals surface area (Å²) in [6.07, 6.45) is -3.52. The summed E-state index contributed by atoms with van der Waals surface area (Å²) in [4.78, 5) is 17.7. The molecule has 1 saturated heterocycles. The predicted molar refractivity (Wildman–Crippen MR) is 89.6 cm³/mol. The van der Waals surface area contributed by atoms with Gasteiger partial charge in [-0.15, -0.1) is 11.8 Å². The third-order valence-corrected chi connectivity index (χ3v) is 5.40. The quantitative estimate of drug-likeness (QED) is 0.707. The molecule has 1 aliphatic rings. The van der Waals surface area contributed by atoms with E-state index in [0.717, 1.165) is 28.1 Å². The largest absolute Gasteiger partial charge is 0.433 e. The van der Waals surface area contributed by atoms with Crippen molar-refractivity contribution in [3.05, 3.63) is 63.9 Å². The molecule has 1 atom stereocenters. The zero-order chi connectivity index (χ0) is 17.3. The number of hydrogen-bond acceptors (Lipinski definition) is 3. The number of pyridine rings is 1. The van der Waals surface area contributed by atoms with Gasteiger partial charge in [-0.1, -0.05) is 28.1 Å². The van der Waals surface area contributed by atoms with E-state index in [2.05, 4.69) is 20.9 Å². The van der Waals surface area contributed by atoms with Crippen LogP contribution in [0.15, 0.2) is 47.1 Å². The number of thioether (sulfide) groups is 1. The Hall–Kier alpha value is -1.54. The molecule has 8 heteroatoms. The van der Waals surface area contributed by atoms with Gasteiger partial charge < -0.3 is 4.90 Å². The number of alkyl halides is 3. The first-order valence-electron chi connectivity index (χ1n) is 7.07. The molecule has 0 spiro atoms. The number of nitrogens with zero attached hydrogens (tertiary/aromatic N) is 2. The third kappa shape index (κ3) is 3.59. The molecule has 1 amide bonds. The van der Waals surface area contributed by atoms with Crippen molar-refractivity contribution in [2.75, 3.05) is 12.3 Å². The van der Waals surface area contributed by atoms with Crippen LogP contribution in [0.3, 0.4) is 0 Å². The first kappa shape index (κ1) is 17.3. The Morgan fingerprint density at radius 2 is 1.92 bits per heavy atom. The maximum absolute atomic E-state index is 12.6. The molecule has 0 N–H and O–H groups in total. The fraction of sp³-hybridized carbons (Fsp3) is 0.250. The van der Waals surface area contributed by atoms with Crippen molar-refractivity contribution in [1.82, 2.24) is 9.88 Å². The summed E-state index contributed by atoms with van der Waals surface area (Å²) in [5.74, 6) is 0.467. The summed E-state index contributed by atoms with van der Waals surface area (Å²) in [7, 11) is 0. The molecule has 0 aliphatic carbocycles. The molecule has 1 aromatic heterocycles. The van der Waals surface area contributed by atoms with Gasteiger partial charge in [0, 0.05) is 23.0 Å². The lowest BCUT2D eigenvalue weighted by Gasteiger charge is -2.24. The lowest BCUT2D eigenvalue weighted by molar-refractivity contribution is -0.141. The Morgan fingerprint density at radius 1 is 1.21 bits per heavy atom. The van der Waals surface area contributed by atoms with E-state index in [9.17, 15) is 18.0 Å². The van der Waals surface area contributed by atoms with Gasteiger partial charge in [0.1, 0.15) is 11.1 Å². The fourth-order valence-electron chi connectivity index (χ4n) is 2.44. The van der Waals surface area contributed by atoms with Crippen LogP contribution < -0.4 is 0 Å². The van der Waals surface area contributed by atoms with E-state index in [-0.39, 0.29) is 16.8 Å². The lowest BCUT2D eigenvalue weighted by atomic mass is 10.1. The van der Waals surface area contributed by atoms with E-state index in [1.165, 1.54) is 6.07 Å². The van der Waals surface area contributed by atoms with Crippen molar-refractivity contribution in [2.24, 2.45) is 0 Å². The summed E-state index contributed by atoms with van der Waals surface area (Å²) < 4.78 is 38.7. The zero-order valence-electron chi connectivity index (χ0n) is 12.3. The zero-order valence-corrected chi connectivity index (χ0v) is 14.7. The van der Waals surface area contributed by atoms with Crippen LogP contribution in [0, 0.1) is 0 Å².